The van der Waals surface area contributed by atoms with Crippen LogP contribution in [-0.4, -0.2) is 32.3 Å². The number of hydrogen-bond donors (Lipinski definition) is 0. The molecule has 0 nitrogen and oxygen atoms in total. The molecule has 30 valence electrons. The van der Waals surface area contributed by atoms with E-state index in [-0.39, 0.29) is 65.6 Å². The third kappa shape index (κ3) is 9.12. The molecule has 4 radical (unpaired) electrons. The van der Waals surface area contributed by atoms with Crippen LogP contribution in [0.25, 0.3) is 0 Å². The Labute approximate surface area is 65.1 Å². The summed E-state index contributed by atoms with van der Waals surface area (Å²) in [4.78, 5) is 0. The Hall–Kier alpha value is 1.86. The minimum atomic E-state index is 0. The molecule has 0 aliphatic carbocycles. The van der Waals surface area contributed by atoms with Crippen LogP contribution in [0.4, 0.5) is 0 Å². The van der Waals surface area contributed by atoms with E-state index in [4.69, 9.17) is 0 Å². The van der Waals surface area contributed by atoms with E-state index in [9.17, 15) is 0 Å². The second kappa shape index (κ2) is 20.9. The van der Waals surface area contributed by atoms with Gasteiger partial charge < -0.3 is 0 Å². The Morgan fingerprint density at radius 2 is 1.00 bits per heavy atom. The summed E-state index contributed by atoms with van der Waals surface area (Å²) in [7, 11) is 0. The van der Waals surface area contributed by atoms with Crippen molar-refractivity contribution < 1.29 is 33.3 Å². The molecule has 0 rings (SSSR count). The van der Waals surface area contributed by atoms with E-state index in [0.29, 0.717) is 0 Å². The minimum absolute atomic E-state index is 0. The molecule has 4 heavy (non-hydrogen) atoms. The fourth-order valence-corrected chi connectivity index (χ4v) is 0. The van der Waals surface area contributed by atoms with Crippen LogP contribution in [0.2, 0.25) is 0 Å². The van der Waals surface area contributed by atoms with Gasteiger partial charge in [0.2, 0.25) is 0 Å². The van der Waals surface area contributed by atoms with Crippen LogP contribution < -0.4 is 0 Å². The van der Waals surface area contributed by atoms with E-state index >= 15 is 0 Å². The van der Waals surface area contributed by atoms with Gasteiger partial charge in [0.25, 0.3) is 0 Å². The third-order valence-corrected chi connectivity index (χ3v) is 0. The average molecular weight is 251 g/mol. The maximum absolute atomic E-state index is 0. The molecule has 0 fully saturated rings. The van der Waals surface area contributed by atoms with Crippen molar-refractivity contribution in [2.75, 3.05) is 0 Å². The van der Waals surface area contributed by atoms with E-state index in [1.807, 2.05) is 0 Å². The van der Waals surface area contributed by atoms with Crippen LogP contribution in [0.1, 0.15) is 0 Å². The fraction of sp³-hybridized carbons (Fsp3) is 0. The van der Waals surface area contributed by atoms with Crippen LogP contribution in [0, 0.1) is 0 Å². The molecule has 0 saturated heterocycles. The van der Waals surface area contributed by atoms with Crippen molar-refractivity contribution in [2.45, 2.75) is 0 Å². The van der Waals surface area contributed by atoms with Gasteiger partial charge in [-0.1, -0.05) is 0 Å². The molecular weight excluding hydrogens is 247 g/mol. The molecule has 0 amide bonds. The van der Waals surface area contributed by atoms with Gasteiger partial charge in [-0.3, -0.25) is 0 Å². The van der Waals surface area contributed by atoms with Crippen LogP contribution in [0.15, 0.2) is 0 Å². The number of rotatable bonds is 0. The average Bonchev–Trinajstić information content (AvgIpc) is 0. The Morgan fingerprint density at radius 3 is 1.00 bits per heavy atom. The molecule has 0 N–H and O–H groups in total. The Kier molecular flexibility index (Phi) is 209. The summed E-state index contributed by atoms with van der Waals surface area (Å²) in [6.07, 6.45) is 0. The van der Waals surface area contributed by atoms with E-state index in [2.05, 4.69) is 0 Å². The Balaban J connectivity index is 0. The van der Waals surface area contributed by atoms with E-state index in [0.717, 1.165) is 0 Å². The molecule has 0 aromatic heterocycles. The van der Waals surface area contributed by atoms with Crippen molar-refractivity contribution in [2.24, 2.45) is 0 Å². The van der Waals surface area contributed by atoms with Crippen LogP contribution in [0.3, 0.4) is 0 Å². The molecule has 0 aromatic carbocycles. The van der Waals surface area contributed by atoms with Gasteiger partial charge in [0.05, 0.1) is 0 Å². The molecule has 0 unspecified atom stereocenters. The molecule has 0 aromatic rings. The van der Waals surface area contributed by atoms with Gasteiger partial charge in [-0.15, -0.1) is 0 Å². The molecule has 0 atom stereocenters. The van der Waals surface area contributed by atoms with Crippen molar-refractivity contribution >= 4 is 32.3 Å². The first-order valence-electron chi connectivity index (χ1n) is 0. The zero-order valence-electron chi connectivity index (χ0n) is 1.23. The summed E-state index contributed by atoms with van der Waals surface area (Å²) in [5.74, 6) is 0. The summed E-state index contributed by atoms with van der Waals surface area (Å²) in [5, 5.41) is 0. The molecule has 0 spiro atoms. The summed E-state index contributed by atoms with van der Waals surface area (Å²) in [5.41, 5.74) is 0. The molecule has 0 aliphatic heterocycles. The van der Waals surface area contributed by atoms with Gasteiger partial charge in [0, 0.05) is 41.7 Å². The quantitative estimate of drug-likeness (QED) is 0.444. The van der Waals surface area contributed by atoms with Gasteiger partial charge in [-0.05, 0) is 0 Å². The predicted molar refractivity (Wildman–Crippen MR) is 17.1 cm³/mol. The molecule has 0 heterocycles. The summed E-state index contributed by atoms with van der Waals surface area (Å²) in [6, 6.07) is 0. The maximum atomic E-state index is 0. The SMILES string of the molecule is [B].[Co].[Ni].[SnH4]. The molecule has 0 bridgehead atoms. The van der Waals surface area contributed by atoms with Gasteiger partial charge >= 0.3 is 23.9 Å². The predicted octanol–water partition coefficient (Wildman–Crippen LogP) is -1.84. The first-order valence-corrected chi connectivity index (χ1v) is 0. The van der Waals surface area contributed by atoms with Gasteiger partial charge in [0.15, 0.2) is 0 Å². The second-order valence-electron chi connectivity index (χ2n) is 0. The van der Waals surface area contributed by atoms with E-state index in [1.165, 1.54) is 0 Å². The molecule has 0 aliphatic rings. The molecule has 0 saturated carbocycles. The van der Waals surface area contributed by atoms with E-state index < -0.39 is 0 Å². The normalized spacial score (nSPS) is 0. The van der Waals surface area contributed by atoms with Crippen molar-refractivity contribution in [3.63, 3.8) is 0 Å². The topological polar surface area (TPSA) is 0 Å². The fourth-order valence-electron chi connectivity index (χ4n) is 0. The standard InChI is InChI=1S/B.Co.Ni.Sn.4H. The zero-order valence-corrected chi connectivity index (χ0v) is 3.26. The monoisotopic (exact) mass is 252 g/mol. The summed E-state index contributed by atoms with van der Waals surface area (Å²) < 4.78 is 0. The van der Waals surface area contributed by atoms with Crippen LogP contribution in [-0.2, 0) is 33.3 Å². The Bertz CT molecular complexity index is 8.00. The summed E-state index contributed by atoms with van der Waals surface area (Å²) in [6.45, 7) is 0. The van der Waals surface area contributed by atoms with Crippen molar-refractivity contribution in [1.82, 2.24) is 0 Å². The Morgan fingerprint density at radius 1 is 1.00 bits per heavy atom. The molecule has 4 heteroatoms. The first-order chi connectivity index (χ1) is 0. The van der Waals surface area contributed by atoms with Crippen molar-refractivity contribution in [1.29, 1.82) is 0 Å². The van der Waals surface area contributed by atoms with Gasteiger partial charge in [-0.2, -0.15) is 0 Å². The van der Waals surface area contributed by atoms with Gasteiger partial charge in [0.1, 0.15) is 0 Å². The van der Waals surface area contributed by atoms with Crippen LogP contribution in [0.5, 0.6) is 0 Å². The first kappa shape index (κ1) is 39.9. The van der Waals surface area contributed by atoms with Gasteiger partial charge in [-0.25, -0.2) is 0 Å². The zero-order chi connectivity index (χ0) is 0. The van der Waals surface area contributed by atoms with Crippen molar-refractivity contribution in [3.05, 3.63) is 0 Å². The summed E-state index contributed by atoms with van der Waals surface area (Å²) >= 11 is 0. The third-order valence-electron chi connectivity index (χ3n) is 0. The van der Waals surface area contributed by atoms with Crippen LogP contribution >= 0.6 is 0 Å². The molecular formula is H4BCoNiSn. The second-order valence-corrected chi connectivity index (χ2v) is 0. The van der Waals surface area contributed by atoms with E-state index in [1.54, 1.807) is 0 Å². The number of hydrogen-bond acceptors (Lipinski definition) is 0. The van der Waals surface area contributed by atoms with Crippen molar-refractivity contribution in [3.8, 4) is 0 Å².